The summed E-state index contributed by atoms with van der Waals surface area (Å²) in [6, 6.07) is 0.645. The fourth-order valence-corrected chi connectivity index (χ4v) is 4.16. The van der Waals surface area contributed by atoms with E-state index in [1.54, 1.807) is 13.0 Å². The highest BCUT2D eigenvalue weighted by Crippen LogP contribution is 2.18. The van der Waals surface area contributed by atoms with Gasteiger partial charge in [-0.15, -0.1) is 6.58 Å². The number of carbonyl (C=O) groups is 1. The largest absolute Gasteiger partial charge is 0.501 e. The van der Waals surface area contributed by atoms with Gasteiger partial charge in [-0.3, -0.25) is 0 Å². The van der Waals surface area contributed by atoms with Crippen LogP contribution in [0.1, 0.15) is 41.0 Å². The fourth-order valence-electron chi connectivity index (χ4n) is 1.58. The van der Waals surface area contributed by atoms with Crippen molar-refractivity contribution in [3.8, 4) is 0 Å². The summed E-state index contributed by atoms with van der Waals surface area (Å²) in [4.78, 5) is 11.2. The molecule has 0 aromatic heterocycles. The summed E-state index contributed by atoms with van der Waals surface area (Å²) in [5, 5.41) is 0. The van der Waals surface area contributed by atoms with Gasteiger partial charge in [-0.1, -0.05) is 12.7 Å². The molecule has 0 aliphatic rings. The van der Waals surface area contributed by atoms with Crippen LogP contribution in [-0.4, -0.2) is 41.2 Å². The van der Waals surface area contributed by atoms with Crippen molar-refractivity contribution in [3.05, 3.63) is 24.8 Å². The lowest BCUT2D eigenvalue weighted by molar-refractivity contribution is -0.139. The maximum atomic E-state index is 11.2. The van der Waals surface area contributed by atoms with Gasteiger partial charge in [0, 0.05) is 31.4 Å². The summed E-state index contributed by atoms with van der Waals surface area (Å²) in [6.07, 6.45) is 2.41. The maximum Gasteiger partial charge on any atom is 0.501 e. The second-order valence-electron chi connectivity index (χ2n) is 4.41. The van der Waals surface area contributed by atoms with Crippen LogP contribution in [0.25, 0.3) is 0 Å². The smallest absolute Gasteiger partial charge is 0.462 e. The quantitative estimate of drug-likeness (QED) is 0.190. The first-order valence-electron chi connectivity index (χ1n) is 7.74. The third-order valence-electron chi connectivity index (χ3n) is 2.30. The van der Waals surface area contributed by atoms with Crippen LogP contribution in [0.3, 0.4) is 0 Å². The van der Waals surface area contributed by atoms with Crippen molar-refractivity contribution < 1.29 is 22.8 Å². The van der Waals surface area contributed by atoms with E-state index in [9.17, 15) is 4.79 Å². The van der Waals surface area contributed by atoms with Gasteiger partial charge in [0.25, 0.3) is 0 Å². The second kappa shape index (κ2) is 15.0. The van der Waals surface area contributed by atoms with E-state index in [0.29, 0.717) is 44.5 Å². The molecule has 0 heterocycles. The van der Waals surface area contributed by atoms with Gasteiger partial charge in [0.15, 0.2) is 0 Å². The highest BCUT2D eigenvalue weighted by atomic mass is 28.4. The molecule has 0 aromatic rings. The second-order valence-corrected chi connectivity index (χ2v) is 7.14. The Morgan fingerprint density at radius 1 is 1.09 bits per heavy atom. The Morgan fingerprint density at radius 2 is 1.50 bits per heavy atom. The van der Waals surface area contributed by atoms with Gasteiger partial charge in [-0.25, -0.2) is 4.79 Å². The van der Waals surface area contributed by atoms with Gasteiger partial charge in [-0.05, 0) is 41.0 Å². The molecule has 0 aromatic carbocycles. The van der Waals surface area contributed by atoms with Crippen molar-refractivity contribution in [2.75, 3.05) is 26.4 Å². The lowest BCUT2D eigenvalue weighted by atomic mass is 10.4. The standard InChI is InChI=1S/C13H26O5Si.C3H6/c1-6-16-19(17-7-2,18-8-3)11-9-10-15-13(14)12(4)5;1-3-2/h4,6-11H2,1-3,5H3;3H,1H2,2H3. The zero-order chi connectivity index (χ0) is 17.4. The van der Waals surface area contributed by atoms with E-state index in [1.165, 1.54) is 0 Å². The highest BCUT2D eigenvalue weighted by molar-refractivity contribution is 6.60. The summed E-state index contributed by atoms with van der Waals surface area (Å²) in [5.74, 6) is -0.364. The molecule has 6 heteroatoms. The molecule has 0 atom stereocenters. The van der Waals surface area contributed by atoms with E-state index in [0.717, 1.165) is 0 Å². The van der Waals surface area contributed by atoms with E-state index in [2.05, 4.69) is 13.2 Å². The average molecular weight is 333 g/mol. The fraction of sp³-hybridized carbons (Fsp3) is 0.688. The minimum Gasteiger partial charge on any atom is -0.462 e. The van der Waals surface area contributed by atoms with Gasteiger partial charge >= 0.3 is 14.8 Å². The van der Waals surface area contributed by atoms with Crippen LogP contribution in [0.2, 0.25) is 6.04 Å². The predicted molar refractivity (Wildman–Crippen MR) is 91.7 cm³/mol. The van der Waals surface area contributed by atoms with Crippen LogP contribution in [0.5, 0.6) is 0 Å². The highest BCUT2D eigenvalue weighted by Gasteiger charge is 2.39. The molecule has 0 saturated carbocycles. The molecule has 0 N–H and O–H groups in total. The first-order valence-corrected chi connectivity index (χ1v) is 9.67. The number of hydrogen-bond donors (Lipinski definition) is 0. The topological polar surface area (TPSA) is 54.0 Å². The zero-order valence-corrected chi connectivity index (χ0v) is 15.8. The first kappa shape index (κ1) is 23.3. The van der Waals surface area contributed by atoms with Crippen molar-refractivity contribution in [3.63, 3.8) is 0 Å². The zero-order valence-electron chi connectivity index (χ0n) is 14.8. The third kappa shape index (κ3) is 11.7. The van der Waals surface area contributed by atoms with E-state index in [1.807, 2.05) is 27.7 Å². The Balaban J connectivity index is 0. The Bertz CT molecular complexity index is 301. The minimum absolute atomic E-state index is 0.327. The molecule has 0 aliphatic heterocycles. The normalized spacial score (nSPS) is 10.4. The van der Waals surface area contributed by atoms with Gasteiger partial charge in [-0.2, -0.15) is 0 Å². The molecular weight excluding hydrogens is 300 g/mol. The molecule has 0 fully saturated rings. The Labute approximate surface area is 136 Å². The van der Waals surface area contributed by atoms with Crippen molar-refractivity contribution >= 4 is 14.8 Å². The molecule has 0 spiro atoms. The van der Waals surface area contributed by atoms with Gasteiger partial charge in [0.05, 0.1) is 6.61 Å². The maximum absolute atomic E-state index is 11.2. The van der Waals surface area contributed by atoms with Crippen molar-refractivity contribution in [1.82, 2.24) is 0 Å². The van der Waals surface area contributed by atoms with Crippen LogP contribution in [0.4, 0.5) is 0 Å². The number of allylic oxidation sites excluding steroid dienone is 1. The summed E-state index contributed by atoms with van der Waals surface area (Å²) in [7, 11) is -2.61. The Kier molecular flexibility index (Phi) is 15.9. The predicted octanol–water partition coefficient (Wildman–Crippen LogP) is 3.74. The molecule has 0 rings (SSSR count). The summed E-state index contributed by atoms with van der Waals surface area (Å²) in [5.41, 5.74) is 0.405. The lowest BCUT2D eigenvalue weighted by Crippen LogP contribution is -2.46. The average Bonchev–Trinajstić information content (AvgIpc) is 2.45. The van der Waals surface area contributed by atoms with E-state index >= 15 is 0 Å². The van der Waals surface area contributed by atoms with Crippen LogP contribution >= 0.6 is 0 Å². The van der Waals surface area contributed by atoms with E-state index in [-0.39, 0.29) is 5.97 Å². The van der Waals surface area contributed by atoms with Crippen LogP contribution in [0, 0.1) is 0 Å². The lowest BCUT2D eigenvalue weighted by Gasteiger charge is -2.28. The van der Waals surface area contributed by atoms with Crippen LogP contribution < -0.4 is 0 Å². The Hall–Kier alpha value is -0.953. The number of ether oxygens (including phenoxy) is 1. The number of carbonyl (C=O) groups excluding carboxylic acids is 1. The Morgan fingerprint density at radius 3 is 1.82 bits per heavy atom. The van der Waals surface area contributed by atoms with Crippen molar-refractivity contribution in [2.45, 2.75) is 47.1 Å². The molecule has 130 valence electrons. The molecule has 0 aliphatic carbocycles. The number of rotatable bonds is 11. The molecule has 5 nitrogen and oxygen atoms in total. The molecule has 0 radical (unpaired) electrons. The minimum atomic E-state index is -2.61. The molecule has 0 saturated heterocycles. The van der Waals surface area contributed by atoms with Gasteiger partial charge in [0.2, 0.25) is 0 Å². The third-order valence-corrected chi connectivity index (χ3v) is 5.45. The molecular formula is C16H32O5Si. The summed E-state index contributed by atoms with van der Waals surface area (Å²) < 4.78 is 22.2. The molecule has 0 unspecified atom stereocenters. The van der Waals surface area contributed by atoms with Gasteiger partial charge in [0.1, 0.15) is 0 Å². The number of hydrogen-bond acceptors (Lipinski definition) is 5. The molecule has 0 bridgehead atoms. The first-order chi connectivity index (χ1) is 10.4. The van der Waals surface area contributed by atoms with Crippen LogP contribution in [-0.2, 0) is 22.8 Å². The molecule has 0 amide bonds. The SMILES string of the molecule is C=C(C)C(=O)OCCC[Si](OCC)(OCC)OCC.C=CC. The van der Waals surface area contributed by atoms with E-state index in [4.69, 9.17) is 18.0 Å². The monoisotopic (exact) mass is 332 g/mol. The summed E-state index contributed by atoms with van der Waals surface area (Å²) >= 11 is 0. The van der Waals surface area contributed by atoms with Crippen LogP contribution in [0.15, 0.2) is 24.8 Å². The van der Waals surface area contributed by atoms with Gasteiger partial charge < -0.3 is 18.0 Å². The van der Waals surface area contributed by atoms with Crippen molar-refractivity contribution in [1.29, 1.82) is 0 Å². The summed E-state index contributed by atoms with van der Waals surface area (Å²) in [6.45, 7) is 18.1. The molecule has 22 heavy (non-hydrogen) atoms. The number of esters is 1. The van der Waals surface area contributed by atoms with Crippen molar-refractivity contribution in [2.24, 2.45) is 0 Å². The van der Waals surface area contributed by atoms with E-state index < -0.39 is 8.80 Å².